The maximum absolute atomic E-state index is 10.5. The molecule has 0 spiro atoms. The van der Waals surface area contributed by atoms with Crippen molar-refractivity contribution in [1.29, 1.82) is 0 Å². The minimum atomic E-state index is -0.843. The summed E-state index contributed by atoms with van der Waals surface area (Å²) in [6.07, 6.45) is 0. The van der Waals surface area contributed by atoms with Crippen molar-refractivity contribution in [1.82, 2.24) is 4.34 Å². The molecule has 60 valence electrons. The largest absolute Gasteiger partial charge is 0.480 e. The molecule has 0 saturated carbocycles. The summed E-state index contributed by atoms with van der Waals surface area (Å²) in [6, 6.07) is -0.549. The predicted octanol–water partition coefficient (Wildman–Crippen LogP) is 1.39. The first-order valence-corrected chi connectivity index (χ1v) is 3.78. The number of halogens is 1. The number of hydrogen-bond donors (Lipinski definition) is 2. The molecule has 10 heavy (non-hydrogen) atoms. The van der Waals surface area contributed by atoms with E-state index in [4.69, 9.17) is 5.11 Å². The molecule has 3 nitrogen and oxygen atoms in total. The van der Waals surface area contributed by atoms with Crippen LogP contribution in [0.25, 0.3) is 0 Å². The van der Waals surface area contributed by atoms with E-state index >= 15 is 0 Å². The summed E-state index contributed by atoms with van der Waals surface area (Å²) < 4.78 is 2.55. The van der Waals surface area contributed by atoms with Crippen molar-refractivity contribution < 1.29 is 9.90 Å². The smallest absolute Gasteiger partial charge is 0.322 e. The monoisotopic (exact) mass is 209 g/mol. The second-order valence-electron chi connectivity index (χ2n) is 3.25. The molecule has 1 atom stereocenters. The van der Waals surface area contributed by atoms with E-state index in [1.165, 1.54) is 0 Å². The zero-order valence-corrected chi connectivity index (χ0v) is 7.90. The molecule has 0 aliphatic carbocycles. The fourth-order valence-corrected chi connectivity index (χ4v) is 1.46. The second-order valence-corrected chi connectivity index (χ2v) is 3.70. The number of rotatable bonds is 2. The fourth-order valence-electron chi connectivity index (χ4n) is 0.581. The van der Waals surface area contributed by atoms with Crippen LogP contribution < -0.4 is 4.34 Å². The van der Waals surface area contributed by atoms with Gasteiger partial charge in [0.1, 0.15) is 6.04 Å². The van der Waals surface area contributed by atoms with Crippen LogP contribution in [0.3, 0.4) is 0 Å². The van der Waals surface area contributed by atoms with Gasteiger partial charge in [-0.1, -0.05) is 20.8 Å². The molecule has 0 fully saturated rings. The lowest BCUT2D eigenvalue weighted by atomic mass is 9.88. The Morgan fingerprint density at radius 2 is 2.00 bits per heavy atom. The van der Waals surface area contributed by atoms with Gasteiger partial charge in [-0.25, -0.2) is 4.34 Å². The van der Waals surface area contributed by atoms with Gasteiger partial charge >= 0.3 is 5.97 Å². The van der Waals surface area contributed by atoms with E-state index in [1.807, 2.05) is 20.8 Å². The van der Waals surface area contributed by atoms with Crippen LogP contribution in [-0.4, -0.2) is 17.1 Å². The standard InChI is InChI=1S/C6H12BrNO2/c1-6(2,3)4(8-7)5(9)10/h4,8H,1-3H3,(H,9,10)/t4-/m1/s1. The number of carboxylic acid groups (broad SMARTS) is 1. The molecule has 0 radical (unpaired) electrons. The first-order valence-electron chi connectivity index (χ1n) is 2.98. The molecule has 0 bridgehead atoms. The SMILES string of the molecule is CC(C)(C)[C@H](NBr)C(=O)O. The van der Waals surface area contributed by atoms with Crippen molar-refractivity contribution in [3.8, 4) is 0 Å². The van der Waals surface area contributed by atoms with E-state index in [0.29, 0.717) is 0 Å². The minimum Gasteiger partial charge on any atom is -0.480 e. The van der Waals surface area contributed by atoms with E-state index in [2.05, 4.69) is 20.5 Å². The van der Waals surface area contributed by atoms with Crippen LogP contribution in [0.4, 0.5) is 0 Å². The third-order valence-corrected chi connectivity index (χ3v) is 1.68. The topological polar surface area (TPSA) is 49.3 Å². The van der Waals surface area contributed by atoms with Crippen molar-refractivity contribution >= 4 is 22.1 Å². The average molecular weight is 210 g/mol. The Bertz CT molecular complexity index is 130. The summed E-state index contributed by atoms with van der Waals surface area (Å²) in [5, 5.41) is 8.62. The fraction of sp³-hybridized carbons (Fsp3) is 0.833. The minimum absolute atomic E-state index is 0.269. The van der Waals surface area contributed by atoms with Crippen LogP contribution in [0.5, 0.6) is 0 Å². The van der Waals surface area contributed by atoms with Gasteiger partial charge in [0, 0.05) is 16.1 Å². The van der Waals surface area contributed by atoms with Crippen LogP contribution in [-0.2, 0) is 4.79 Å². The summed E-state index contributed by atoms with van der Waals surface area (Å²) in [7, 11) is 0. The number of carbonyl (C=O) groups is 1. The molecule has 0 rings (SSSR count). The molecule has 0 aliphatic rings. The molecular formula is C6H12BrNO2. The predicted molar refractivity (Wildman–Crippen MR) is 42.9 cm³/mol. The number of aliphatic carboxylic acids is 1. The molecule has 0 aromatic carbocycles. The van der Waals surface area contributed by atoms with E-state index in [0.717, 1.165) is 0 Å². The summed E-state index contributed by atoms with van der Waals surface area (Å²) in [5.41, 5.74) is -0.269. The van der Waals surface area contributed by atoms with Gasteiger partial charge in [-0.05, 0) is 5.41 Å². The van der Waals surface area contributed by atoms with Gasteiger partial charge in [0.2, 0.25) is 0 Å². The Morgan fingerprint density at radius 1 is 1.60 bits per heavy atom. The molecule has 0 aromatic heterocycles. The number of nitrogens with one attached hydrogen (secondary N) is 1. The average Bonchev–Trinajstić information content (AvgIpc) is 1.60. The van der Waals surface area contributed by atoms with Gasteiger partial charge in [-0.15, -0.1) is 0 Å². The van der Waals surface area contributed by atoms with Gasteiger partial charge < -0.3 is 5.11 Å². The third-order valence-electron chi connectivity index (χ3n) is 1.22. The lowest BCUT2D eigenvalue weighted by Crippen LogP contribution is -2.41. The lowest BCUT2D eigenvalue weighted by molar-refractivity contribution is -0.141. The highest BCUT2D eigenvalue weighted by atomic mass is 79.9. The molecule has 0 unspecified atom stereocenters. The van der Waals surface area contributed by atoms with Crippen molar-refractivity contribution in [3.63, 3.8) is 0 Å². The van der Waals surface area contributed by atoms with Crippen molar-refractivity contribution in [2.75, 3.05) is 0 Å². The van der Waals surface area contributed by atoms with E-state index in [-0.39, 0.29) is 5.41 Å². The van der Waals surface area contributed by atoms with Crippen molar-refractivity contribution in [2.24, 2.45) is 5.41 Å². The Morgan fingerprint density at radius 3 is 2.00 bits per heavy atom. The second kappa shape index (κ2) is 3.34. The Balaban J connectivity index is 4.22. The van der Waals surface area contributed by atoms with Crippen LogP contribution in [0.15, 0.2) is 0 Å². The van der Waals surface area contributed by atoms with Crippen LogP contribution in [0.1, 0.15) is 20.8 Å². The molecule has 0 aromatic rings. The summed E-state index contributed by atoms with van der Waals surface area (Å²) in [4.78, 5) is 10.5. The molecular weight excluding hydrogens is 198 g/mol. The van der Waals surface area contributed by atoms with Crippen molar-refractivity contribution in [3.05, 3.63) is 0 Å². The Kier molecular flexibility index (Phi) is 3.31. The maximum atomic E-state index is 10.5. The highest BCUT2D eigenvalue weighted by Gasteiger charge is 2.29. The van der Waals surface area contributed by atoms with E-state index in [1.54, 1.807) is 0 Å². The van der Waals surface area contributed by atoms with Gasteiger partial charge in [0.15, 0.2) is 0 Å². The molecule has 0 heterocycles. The lowest BCUT2D eigenvalue weighted by Gasteiger charge is -2.25. The van der Waals surface area contributed by atoms with Crippen molar-refractivity contribution in [2.45, 2.75) is 26.8 Å². The number of hydrogen-bond acceptors (Lipinski definition) is 2. The van der Waals surface area contributed by atoms with Gasteiger partial charge in [0.05, 0.1) is 0 Å². The number of carboxylic acids is 1. The van der Waals surface area contributed by atoms with Gasteiger partial charge in [-0.3, -0.25) is 4.79 Å². The molecule has 0 aliphatic heterocycles. The first kappa shape index (κ1) is 9.91. The zero-order chi connectivity index (χ0) is 8.36. The molecule has 0 amide bonds. The quantitative estimate of drug-likeness (QED) is 0.677. The summed E-state index contributed by atoms with van der Waals surface area (Å²) in [5.74, 6) is -0.843. The van der Waals surface area contributed by atoms with Gasteiger partial charge in [0.25, 0.3) is 0 Å². The third kappa shape index (κ3) is 2.66. The molecule has 4 heteroatoms. The normalized spacial score (nSPS) is 14.8. The highest BCUT2D eigenvalue weighted by Crippen LogP contribution is 2.19. The highest BCUT2D eigenvalue weighted by molar-refractivity contribution is 9.08. The maximum Gasteiger partial charge on any atom is 0.322 e. The first-order chi connectivity index (χ1) is 4.39. The van der Waals surface area contributed by atoms with E-state index in [9.17, 15) is 4.79 Å². The Hall–Kier alpha value is -0.0900. The summed E-state index contributed by atoms with van der Waals surface area (Å²) >= 11 is 2.92. The summed E-state index contributed by atoms with van der Waals surface area (Å²) in [6.45, 7) is 5.58. The molecule has 2 N–H and O–H groups in total. The van der Waals surface area contributed by atoms with Gasteiger partial charge in [-0.2, -0.15) is 0 Å². The Labute approximate surface area is 69.1 Å². The zero-order valence-electron chi connectivity index (χ0n) is 6.31. The van der Waals surface area contributed by atoms with Crippen LogP contribution >= 0.6 is 16.1 Å². The van der Waals surface area contributed by atoms with Crippen LogP contribution in [0.2, 0.25) is 0 Å². The van der Waals surface area contributed by atoms with E-state index < -0.39 is 12.0 Å². The van der Waals surface area contributed by atoms with Crippen LogP contribution in [0, 0.1) is 5.41 Å². The molecule has 0 saturated heterocycles.